The van der Waals surface area contributed by atoms with E-state index in [0.717, 1.165) is 30.6 Å². The van der Waals surface area contributed by atoms with Gasteiger partial charge in [-0.2, -0.15) is 0 Å². The van der Waals surface area contributed by atoms with E-state index >= 15 is 0 Å². The topological polar surface area (TPSA) is 94.1 Å². The molecule has 3 fully saturated rings. The average molecular weight is 577 g/mol. The highest BCUT2D eigenvalue weighted by atomic mass is 127. The molecule has 2 heterocycles. The molecule has 0 aromatic heterocycles. The van der Waals surface area contributed by atoms with Gasteiger partial charge in [0.05, 0.1) is 18.4 Å². The zero-order valence-corrected chi connectivity index (χ0v) is 21.7. The number of guanidine groups is 1. The second kappa shape index (κ2) is 10.5. The van der Waals surface area contributed by atoms with Crippen molar-refractivity contribution >= 4 is 53.3 Å². The molecule has 3 amide bonds. The van der Waals surface area contributed by atoms with E-state index in [0.29, 0.717) is 38.6 Å². The van der Waals surface area contributed by atoms with Gasteiger partial charge in [0.25, 0.3) is 0 Å². The van der Waals surface area contributed by atoms with Crippen molar-refractivity contribution in [1.29, 1.82) is 0 Å². The van der Waals surface area contributed by atoms with Crippen LogP contribution in [-0.4, -0.2) is 54.8 Å². The molecule has 0 spiro atoms. The van der Waals surface area contributed by atoms with Crippen LogP contribution in [0.2, 0.25) is 0 Å². The van der Waals surface area contributed by atoms with E-state index in [2.05, 4.69) is 27.8 Å². The number of amides is 3. The molecule has 5 rings (SSSR count). The fourth-order valence-corrected chi connectivity index (χ4v) is 5.69. The number of nitrogens with zero attached hydrogens (tertiary/aromatic N) is 3. The number of halogens is 1. The van der Waals surface area contributed by atoms with E-state index in [4.69, 9.17) is 0 Å². The first kappa shape index (κ1) is 24.7. The second-order valence-corrected chi connectivity index (χ2v) is 9.27. The van der Waals surface area contributed by atoms with E-state index in [1.54, 1.807) is 0 Å². The maximum Gasteiger partial charge on any atom is 0.233 e. The van der Waals surface area contributed by atoms with Gasteiger partial charge in [0.2, 0.25) is 17.7 Å². The summed E-state index contributed by atoms with van der Waals surface area (Å²) in [5.74, 6) is 0.997. The first-order valence-electron chi connectivity index (χ1n) is 12.0. The quantitative estimate of drug-likeness (QED) is 0.171. The Balaban J connectivity index is 0.00000274. The van der Waals surface area contributed by atoms with Crippen LogP contribution < -0.4 is 15.5 Å². The number of likely N-dealkylation sites (tertiary alicyclic amines) is 1. The molecule has 1 aromatic carbocycles. The minimum Gasteiger partial charge on any atom is -0.357 e. The molecule has 2 aliphatic heterocycles. The van der Waals surface area contributed by atoms with Crippen LogP contribution in [0.15, 0.2) is 41.4 Å². The monoisotopic (exact) mass is 577 g/mol. The molecule has 4 atom stereocenters. The van der Waals surface area contributed by atoms with Crippen molar-refractivity contribution < 1.29 is 14.4 Å². The number of nitrogens with one attached hydrogen (secondary N) is 2. The Hall–Kier alpha value is -2.43. The van der Waals surface area contributed by atoms with E-state index in [1.807, 2.05) is 36.1 Å². The highest BCUT2D eigenvalue weighted by Crippen LogP contribution is 2.52. The lowest BCUT2D eigenvalue weighted by atomic mass is 9.85. The summed E-state index contributed by atoms with van der Waals surface area (Å²) in [6.07, 6.45) is 6.72. The summed E-state index contributed by atoms with van der Waals surface area (Å²) in [5, 5.41) is 6.46. The van der Waals surface area contributed by atoms with Crippen molar-refractivity contribution in [1.82, 2.24) is 15.5 Å². The molecule has 2 bridgehead atoms. The Morgan fingerprint density at radius 1 is 1.03 bits per heavy atom. The SMILES string of the molecule is CCNC(=NCc1ccc(N2CCCC2=O)cc1)NCCN1C(=O)C2C3C=CC(C3)C2C1=O.I. The molecule has 1 saturated carbocycles. The number of aliphatic imine (C=N–C) groups is 1. The smallest absolute Gasteiger partial charge is 0.233 e. The van der Waals surface area contributed by atoms with Crippen LogP contribution in [0.1, 0.15) is 31.7 Å². The Morgan fingerprint density at radius 3 is 2.29 bits per heavy atom. The van der Waals surface area contributed by atoms with E-state index in [-0.39, 0.29) is 65.4 Å². The van der Waals surface area contributed by atoms with Gasteiger partial charge in [-0.25, -0.2) is 4.99 Å². The molecular formula is C25H32IN5O3. The summed E-state index contributed by atoms with van der Waals surface area (Å²) in [7, 11) is 0. The number of hydrogen-bond acceptors (Lipinski definition) is 4. The summed E-state index contributed by atoms with van der Waals surface area (Å²) in [6.45, 7) is 4.80. The fourth-order valence-electron chi connectivity index (χ4n) is 5.69. The van der Waals surface area contributed by atoms with Crippen LogP contribution in [0.3, 0.4) is 0 Å². The highest BCUT2D eigenvalue weighted by Gasteiger charge is 2.58. The number of benzene rings is 1. The summed E-state index contributed by atoms with van der Waals surface area (Å²) in [4.78, 5) is 45.4. The molecule has 34 heavy (non-hydrogen) atoms. The number of hydrogen-bond donors (Lipinski definition) is 2. The predicted octanol–water partition coefficient (Wildman–Crippen LogP) is 2.29. The fraction of sp³-hybridized carbons (Fsp3) is 0.520. The van der Waals surface area contributed by atoms with Gasteiger partial charge in [-0.15, -0.1) is 24.0 Å². The van der Waals surface area contributed by atoms with E-state index in [1.165, 1.54) is 4.90 Å². The molecule has 0 radical (unpaired) electrons. The van der Waals surface area contributed by atoms with Crippen molar-refractivity contribution in [3.05, 3.63) is 42.0 Å². The first-order valence-corrected chi connectivity index (χ1v) is 12.0. The standard InChI is InChI=1S/C25H31N5O3.HI/c1-2-26-25(28-15-16-5-9-19(10-6-16)29-12-3-4-20(29)31)27-11-13-30-23(32)21-17-7-8-18(14-17)22(21)24(30)33;/h5-10,17-18,21-22H,2-4,11-15H2,1H3,(H2,26,27,28);1H. The van der Waals surface area contributed by atoms with E-state index < -0.39 is 0 Å². The Bertz CT molecular complexity index is 978. The first-order chi connectivity index (χ1) is 16.1. The number of carbonyl (C=O) groups is 3. The third-order valence-electron chi connectivity index (χ3n) is 7.27. The molecule has 2 aliphatic carbocycles. The van der Waals surface area contributed by atoms with Crippen LogP contribution in [0.4, 0.5) is 5.69 Å². The van der Waals surface area contributed by atoms with Crippen LogP contribution in [0.5, 0.6) is 0 Å². The minimum atomic E-state index is -0.145. The molecular weight excluding hydrogens is 545 g/mol. The van der Waals surface area contributed by atoms with Crippen LogP contribution in [-0.2, 0) is 20.9 Å². The van der Waals surface area contributed by atoms with Gasteiger partial charge in [0.1, 0.15) is 0 Å². The Kier molecular flexibility index (Phi) is 7.59. The van der Waals surface area contributed by atoms with Crippen molar-refractivity contribution in [2.45, 2.75) is 32.7 Å². The Morgan fingerprint density at radius 2 is 1.71 bits per heavy atom. The van der Waals surface area contributed by atoms with Crippen LogP contribution in [0, 0.1) is 23.7 Å². The molecule has 2 saturated heterocycles. The summed E-state index contributed by atoms with van der Waals surface area (Å²) in [5.41, 5.74) is 1.98. The maximum atomic E-state index is 12.8. The Labute approximate surface area is 217 Å². The molecule has 4 unspecified atom stereocenters. The van der Waals surface area contributed by atoms with E-state index in [9.17, 15) is 14.4 Å². The van der Waals surface area contributed by atoms with Crippen molar-refractivity contribution in [3.8, 4) is 0 Å². The van der Waals surface area contributed by atoms with Crippen molar-refractivity contribution in [2.75, 3.05) is 31.1 Å². The van der Waals surface area contributed by atoms with Crippen molar-refractivity contribution in [3.63, 3.8) is 0 Å². The van der Waals surface area contributed by atoms with Gasteiger partial charge in [-0.1, -0.05) is 24.3 Å². The number of imide groups is 1. The minimum absolute atomic E-state index is 0. The van der Waals surface area contributed by atoms with Gasteiger partial charge in [-0.3, -0.25) is 19.3 Å². The van der Waals surface area contributed by atoms with Gasteiger partial charge in [-0.05, 0) is 49.3 Å². The van der Waals surface area contributed by atoms with Gasteiger partial charge >= 0.3 is 0 Å². The largest absolute Gasteiger partial charge is 0.357 e. The highest BCUT2D eigenvalue weighted by molar-refractivity contribution is 14.0. The van der Waals surface area contributed by atoms with Gasteiger partial charge < -0.3 is 15.5 Å². The number of anilines is 1. The molecule has 1 aromatic rings. The average Bonchev–Trinajstić information content (AvgIpc) is 3.59. The number of rotatable bonds is 7. The number of fused-ring (bicyclic) bond motifs is 5. The third kappa shape index (κ3) is 4.58. The lowest BCUT2D eigenvalue weighted by Crippen LogP contribution is -2.43. The van der Waals surface area contributed by atoms with Crippen LogP contribution in [0.25, 0.3) is 0 Å². The van der Waals surface area contributed by atoms with Gasteiger partial charge in [0.15, 0.2) is 5.96 Å². The number of carbonyl (C=O) groups excluding carboxylic acids is 3. The third-order valence-corrected chi connectivity index (χ3v) is 7.27. The van der Waals surface area contributed by atoms with Gasteiger partial charge in [0, 0.05) is 38.3 Å². The molecule has 182 valence electrons. The molecule has 9 heteroatoms. The number of allylic oxidation sites excluding steroid dienone is 2. The molecule has 2 N–H and O–H groups in total. The summed E-state index contributed by atoms with van der Waals surface area (Å²) in [6, 6.07) is 7.93. The zero-order valence-electron chi connectivity index (χ0n) is 19.4. The van der Waals surface area contributed by atoms with Crippen LogP contribution >= 0.6 is 24.0 Å². The lowest BCUT2D eigenvalue weighted by molar-refractivity contribution is -0.140. The normalized spacial score (nSPS) is 27.4. The second-order valence-electron chi connectivity index (χ2n) is 9.27. The predicted molar refractivity (Wildman–Crippen MR) is 141 cm³/mol. The summed E-state index contributed by atoms with van der Waals surface area (Å²) >= 11 is 0. The summed E-state index contributed by atoms with van der Waals surface area (Å²) < 4.78 is 0. The maximum absolute atomic E-state index is 12.8. The lowest BCUT2D eigenvalue weighted by Gasteiger charge is -2.18. The molecule has 4 aliphatic rings. The molecule has 8 nitrogen and oxygen atoms in total. The van der Waals surface area contributed by atoms with Crippen molar-refractivity contribution in [2.24, 2.45) is 28.7 Å². The zero-order chi connectivity index (χ0) is 22.9.